The van der Waals surface area contributed by atoms with E-state index in [4.69, 9.17) is 0 Å². The second kappa shape index (κ2) is 5.97. The summed E-state index contributed by atoms with van der Waals surface area (Å²) in [7, 11) is 0. The third kappa shape index (κ3) is 6.58. The van der Waals surface area contributed by atoms with Crippen LogP contribution in [0.25, 0.3) is 0 Å². The minimum Gasteiger partial charge on any atom is -0.550 e. The van der Waals surface area contributed by atoms with Crippen molar-refractivity contribution in [1.29, 1.82) is 0 Å². The fraction of sp³-hybridized carbons (Fsp3) is 0.900. The molecule has 0 amide bonds. The molecule has 0 aromatic heterocycles. The summed E-state index contributed by atoms with van der Waals surface area (Å²) >= 11 is 0. The Hall–Kier alpha value is -0.570. The summed E-state index contributed by atoms with van der Waals surface area (Å²) in [6.45, 7) is 5.77. The highest BCUT2D eigenvalue weighted by molar-refractivity contribution is 5.64. The molecule has 0 rings (SSSR count). The van der Waals surface area contributed by atoms with Crippen molar-refractivity contribution in [1.82, 2.24) is 0 Å². The molecular weight excluding hydrogens is 168 g/mol. The molecule has 0 aliphatic rings. The van der Waals surface area contributed by atoms with E-state index < -0.39 is 5.97 Å². The molecule has 0 fully saturated rings. The predicted molar refractivity (Wildman–Crippen MR) is 48.9 cm³/mol. The van der Waals surface area contributed by atoms with Gasteiger partial charge in [-0.05, 0) is 31.1 Å². The Morgan fingerprint density at radius 3 is 2.23 bits per heavy atom. The van der Waals surface area contributed by atoms with Crippen LogP contribution in [0.2, 0.25) is 0 Å². The van der Waals surface area contributed by atoms with Crippen LogP contribution >= 0.6 is 0 Å². The molecule has 3 heteroatoms. The van der Waals surface area contributed by atoms with E-state index in [1.807, 2.05) is 20.8 Å². The Balaban J connectivity index is 3.57. The van der Waals surface area contributed by atoms with Gasteiger partial charge in [0.25, 0.3) is 0 Å². The first-order valence-corrected chi connectivity index (χ1v) is 4.81. The lowest BCUT2D eigenvalue weighted by atomic mass is 9.95. The maximum absolute atomic E-state index is 10.2. The summed E-state index contributed by atoms with van der Waals surface area (Å²) in [5.41, 5.74) is 0. The topological polar surface area (TPSA) is 60.4 Å². The van der Waals surface area contributed by atoms with Gasteiger partial charge in [-0.25, -0.2) is 0 Å². The van der Waals surface area contributed by atoms with Crippen molar-refractivity contribution < 1.29 is 15.0 Å². The Morgan fingerprint density at radius 2 is 1.85 bits per heavy atom. The van der Waals surface area contributed by atoms with Crippen molar-refractivity contribution in [2.75, 3.05) is 0 Å². The third-order valence-electron chi connectivity index (χ3n) is 2.24. The van der Waals surface area contributed by atoms with Crippen LogP contribution in [0, 0.1) is 11.8 Å². The van der Waals surface area contributed by atoms with Crippen molar-refractivity contribution in [3.8, 4) is 0 Å². The molecule has 78 valence electrons. The molecule has 0 radical (unpaired) electrons. The molecular formula is C10H19O3-. The van der Waals surface area contributed by atoms with E-state index in [-0.39, 0.29) is 24.4 Å². The summed E-state index contributed by atoms with van der Waals surface area (Å²) in [6, 6.07) is 0. The summed E-state index contributed by atoms with van der Waals surface area (Å²) < 4.78 is 0. The van der Waals surface area contributed by atoms with Crippen molar-refractivity contribution in [3.63, 3.8) is 0 Å². The van der Waals surface area contributed by atoms with Gasteiger partial charge in [-0.1, -0.05) is 20.8 Å². The van der Waals surface area contributed by atoms with Crippen LogP contribution in [0.1, 0.15) is 40.0 Å². The number of carboxylic acid groups (broad SMARTS) is 1. The molecule has 13 heavy (non-hydrogen) atoms. The monoisotopic (exact) mass is 187 g/mol. The molecule has 0 aliphatic carbocycles. The van der Waals surface area contributed by atoms with Crippen LogP contribution in [0.4, 0.5) is 0 Å². The zero-order chi connectivity index (χ0) is 10.4. The number of aliphatic hydroxyl groups is 1. The van der Waals surface area contributed by atoms with Crippen LogP contribution in [0.5, 0.6) is 0 Å². The van der Waals surface area contributed by atoms with Gasteiger partial charge < -0.3 is 15.0 Å². The Bertz CT molecular complexity index is 154. The largest absolute Gasteiger partial charge is 0.550 e. The Morgan fingerprint density at radius 1 is 1.31 bits per heavy atom. The zero-order valence-electron chi connectivity index (χ0n) is 8.62. The molecule has 3 nitrogen and oxygen atoms in total. The summed E-state index contributed by atoms with van der Waals surface area (Å²) in [6.07, 6.45) is 1.19. The minimum absolute atomic E-state index is 0.0881. The lowest BCUT2D eigenvalue weighted by Gasteiger charge is -2.17. The van der Waals surface area contributed by atoms with E-state index in [1.165, 1.54) is 0 Å². The number of hydrogen-bond donors (Lipinski definition) is 1. The Kier molecular flexibility index (Phi) is 5.71. The van der Waals surface area contributed by atoms with Crippen LogP contribution < -0.4 is 5.11 Å². The fourth-order valence-corrected chi connectivity index (χ4v) is 1.18. The average molecular weight is 187 g/mol. The predicted octanol–water partition coefficient (Wildman–Crippen LogP) is 0.560. The first-order valence-electron chi connectivity index (χ1n) is 4.81. The van der Waals surface area contributed by atoms with E-state index in [0.29, 0.717) is 6.42 Å². The van der Waals surface area contributed by atoms with Crippen LogP contribution in [-0.4, -0.2) is 17.2 Å². The third-order valence-corrected chi connectivity index (χ3v) is 2.24. The summed E-state index contributed by atoms with van der Waals surface area (Å²) in [5, 5.41) is 19.7. The zero-order valence-corrected chi connectivity index (χ0v) is 8.62. The smallest absolute Gasteiger partial charge is 0.0563 e. The lowest BCUT2D eigenvalue weighted by molar-refractivity contribution is -0.306. The maximum Gasteiger partial charge on any atom is 0.0563 e. The van der Waals surface area contributed by atoms with Gasteiger partial charge in [0.2, 0.25) is 0 Å². The number of carboxylic acids is 1. The maximum atomic E-state index is 10.2. The summed E-state index contributed by atoms with van der Waals surface area (Å²) in [5.74, 6) is -0.667. The van der Waals surface area contributed by atoms with E-state index in [0.717, 1.165) is 6.42 Å². The fourth-order valence-electron chi connectivity index (χ4n) is 1.18. The summed E-state index contributed by atoms with van der Waals surface area (Å²) in [4.78, 5) is 10.2. The number of rotatable bonds is 6. The van der Waals surface area contributed by atoms with Crippen LogP contribution in [-0.2, 0) is 4.79 Å². The molecule has 0 saturated heterocycles. The molecule has 0 saturated carbocycles. The van der Waals surface area contributed by atoms with Gasteiger partial charge in [-0.3, -0.25) is 0 Å². The highest BCUT2D eigenvalue weighted by Gasteiger charge is 2.11. The second-order valence-electron chi connectivity index (χ2n) is 4.07. The molecule has 0 spiro atoms. The van der Waals surface area contributed by atoms with Crippen LogP contribution in [0.3, 0.4) is 0 Å². The SMILES string of the molecule is CC(C)[C@@H](O)CC[C@@H](C)CC(=O)[O-]. The number of carbonyl (C=O) groups excluding carboxylic acids is 1. The first kappa shape index (κ1) is 12.4. The van der Waals surface area contributed by atoms with E-state index in [9.17, 15) is 15.0 Å². The standard InChI is InChI=1S/C10H20O3/c1-7(2)9(11)5-4-8(3)6-10(12)13/h7-9,11H,4-6H2,1-3H3,(H,12,13)/p-1/t8-,9+/m1/s1. The van der Waals surface area contributed by atoms with Crippen molar-refractivity contribution in [3.05, 3.63) is 0 Å². The molecule has 0 unspecified atom stereocenters. The molecule has 0 bridgehead atoms. The van der Waals surface area contributed by atoms with Gasteiger partial charge in [-0.15, -0.1) is 0 Å². The molecule has 1 N–H and O–H groups in total. The van der Waals surface area contributed by atoms with E-state index in [1.54, 1.807) is 0 Å². The second-order valence-corrected chi connectivity index (χ2v) is 4.07. The van der Waals surface area contributed by atoms with Gasteiger partial charge in [0.1, 0.15) is 0 Å². The highest BCUT2D eigenvalue weighted by atomic mass is 16.4. The number of aliphatic hydroxyl groups excluding tert-OH is 1. The molecule has 2 atom stereocenters. The Labute approximate surface area is 79.8 Å². The number of aliphatic carboxylic acids is 1. The van der Waals surface area contributed by atoms with Gasteiger partial charge in [-0.2, -0.15) is 0 Å². The lowest BCUT2D eigenvalue weighted by Crippen LogP contribution is -2.25. The number of hydrogen-bond acceptors (Lipinski definition) is 3. The van der Waals surface area contributed by atoms with E-state index in [2.05, 4.69) is 0 Å². The quantitative estimate of drug-likeness (QED) is 0.661. The van der Waals surface area contributed by atoms with Gasteiger partial charge in [0.15, 0.2) is 0 Å². The van der Waals surface area contributed by atoms with Gasteiger partial charge in [0, 0.05) is 5.97 Å². The normalized spacial score (nSPS) is 15.8. The van der Waals surface area contributed by atoms with E-state index >= 15 is 0 Å². The minimum atomic E-state index is -1.01. The van der Waals surface area contributed by atoms with Crippen LogP contribution in [0.15, 0.2) is 0 Å². The van der Waals surface area contributed by atoms with Crippen molar-refractivity contribution in [2.45, 2.75) is 46.1 Å². The molecule has 0 aliphatic heterocycles. The molecule has 0 heterocycles. The van der Waals surface area contributed by atoms with Gasteiger partial charge in [0.05, 0.1) is 6.10 Å². The average Bonchev–Trinajstić information content (AvgIpc) is 1.98. The van der Waals surface area contributed by atoms with Gasteiger partial charge >= 0.3 is 0 Å². The molecule has 0 aromatic rings. The highest BCUT2D eigenvalue weighted by Crippen LogP contribution is 2.15. The first-order chi connectivity index (χ1) is 5.93. The number of carbonyl (C=O) groups is 1. The molecule has 0 aromatic carbocycles. The van der Waals surface area contributed by atoms with Crippen molar-refractivity contribution in [2.24, 2.45) is 11.8 Å². The van der Waals surface area contributed by atoms with Crippen molar-refractivity contribution >= 4 is 5.97 Å².